The first kappa shape index (κ1) is 89.9. The van der Waals surface area contributed by atoms with Crippen LogP contribution in [0.4, 0.5) is 0 Å². The first-order chi connectivity index (χ1) is 27.5. The van der Waals surface area contributed by atoms with E-state index >= 15 is 0 Å². The standard InChI is InChI=1S/C21H44N2O4S2.C7H18NO.C6H8Cl2O2S2.C2H4I2.C2H4I.C2H5.2ClH.2V/c1-7-11-22(3,4)13-15-26-20(24)9-17-28-19-29-18-10-21(25)27-16-14-23(5,6)12-8-2;1-4-5-8(2,3)6-7-9;7-5(9)1-3-11-12-4-2-6(8)10;1-2(3)4;1-2-3;1-2;;;;/h7-19H2,1-6H3;9H,4-7H2,1-3H3;1-4H2;2H,1H3;2H,1H3;1H2,2H3;2*1H;;/q+2;+1;;;2*-1;;;;. The molecule has 1 N–H and O–H groups in total. The summed E-state index contributed by atoms with van der Waals surface area (Å²) < 4.78 is 16.1. The first-order valence-electron chi connectivity index (χ1n) is 20.0. The average molecular weight is 1470 g/mol. The number of ether oxygens (including phenoxy) is 2. The number of carbonyl (C=O) groups excluding carboxylic acids is 4. The zero-order valence-corrected chi connectivity index (χ0v) is 55.9. The Hall–Kier alpha value is 4.04. The molecule has 2 radical (unpaired) electrons. The van der Waals surface area contributed by atoms with Gasteiger partial charge in [-0.25, -0.2) is 0 Å². The van der Waals surface area contributed by atoms with Crippen LogP contribution in [-0.2, 0) is 65.8 Å². The molecule has 0 saturated carbocycles. The van der Waals surface area contributed by atoms with Crippen LogP contribution in [0, 0.1) is 11.4 Å². The van der Waals surface area contributed by atoms with Gasteiger partial charge < -0.3 is 57.5 Å². The van der Waals surface area contributed by atoms with Gasteiger partial charge in [0.2, 0.25) is 10.5 Å². The molecule has 0 heterocycles. The van der Waals surface area contributed by atoms with Gasteiger partial charge in [-0.1, -0.05) is 87.5 Å². The number of quaternary nitrogens is 3. The Labute approximate surface area is 490 Å². The predicted molar refractivity (Wildman–Crippen MR) is 307 cm³/mol. The maximum Gasteiger partial charge on any atom is 0.306 e. The van der Waals surface area contributed by atoms with Crippen molar-refractivity contribution in [2.75, 3.05) is 129 Å². The Morgan fingerprint density at radius 1 is 0.635 bits per heavy atom. The average Bonchev–Trinajstić information content (AvgIpc) is 3.10. The number of esters is 2. The van der Waals surface area contributed by atoms with Gasteiger partial charge in [-0.3, -0.25) is 23.6 Å². The molecule has 0 aromatic carbocycles. The Bertz CT molecular complexity index is 921. The van der Waals surface area contributed by atoms with Crippen LogP contribution in [-0.4, -0.2) is 172 Å². The molecule has 0 aromatic heterocycles. The van der Waals surface area contributed by atoms with E-state index < -0.39 is 0 Å². The van der Waals surface area contributed by atoms with E-state index in [-0.39, 0.29) is 84.3 Å². The second-order valence-electron chi connectivity index (χ2n) is 14.3. The Morgan fingerprint density at radius 2 is 0.905 bits per heavy atom. The third-order valence-electron chi connectivity index (χ3n) is 7.03. The number of thioether (sulfide) groups is 2. The maximum atomic E-state index is 11.8. The third-order valence-corrected chi connectivity index (χ3v) is 12.1. The number of hydrogen-bond acceptors (Lipinski definition) is 11. The monoisotopic (exact) mass is 1470 g/mol. The number of hydrogen-bond donors (Lipinski definition) is 1. The number of aliphatic hydroxyl groups is 1. The molecule has 0 saturated heterocycles. The van der Waals surface area contributed by atoms with Crippen molar-refractivity contribution < 1.29 is 84.3 Å². The summed E-state index contributed by atoms with van der Waals surface area (Å²) in [5, 5.41) is 8.84. The van der Waals surface area contributed by atoms with E-state index in [1.165, 1.54) is 28.0 Å². The molecular weight excluding hydrogens is 1390 g/mol. The fourth-order valence-electron chi connectivity index (χ4n) is 4.23. The van der Waals surface area contributed by atoms with Crippen LogP contribution in [0.1, 0.15) is 86.5 Å². The van der Waals surface area contributed by atoms with Gasteiger partial charge in [0, 0.05) is 78.0 Å². The fourth-order valence-corrected chi connectivity index (χ4v) is 8.66. The van der Waals surface area contributed by atoms with Gasteiger partial charge in [0.25, 0.3) is 0 Å². The van der Waals surface area contributed by atoms with Crippen LogP contribution in [0.25, 0.3) is 0 Å². The van der Waals surface area contributed by atoms with E-state index in [0.717, 1.165) is 84.1 Å². The Morgan fingerprint density at radius 3 is 1.14 bits per heavy atom. The summed E-state index contributed by atoms with van der Waals surface area (Å²) in [6, 6.07) is 0. The SMILES string of the molecule is CC(I)I.CCC[N+](C)(C)CCO.CCC[N+](C)(C)CCOC(=O)CCSCSCCC(=O)OCC[N+](C)(C)CCC.C[CH-]I.Cl.Cl.O=C(Cl)CCSSCCC(=O)Cl.[CH2-]C.[V].[V]. The van der Waals surface area contributed by atoms with E-state index in [1.807, 2.05) is 11.4 Å². The van der Waals surface area contributed by atoms with Crippen molar-refractivity contribution in [2.24, 2.45) is 0 Å². The van der Waals surface area contributed by atoms with Gasteiger partial charge in [-0.15, -0.1) is 24.8 Å². The minimum absolute atomic E-state index is 0. The van der Waals surface area contributed by atoms with Gasteiger partial charge in [0.1, 0.15) is 32.8 Å². The molecular formula is C40H85Cl4I3N3O7S4V2+. The number of aliphatic hydroxyl groups excluding tert-OH is 1. The van der Waals surface area contributed by atoms with Gasteiger partial charge in [0.15, 0.2) is 0 Å². The Balaban J connectivity index is -0.0000000853. The molecule has 0 spiro atoms. The van der Waals surface area contributed by atoms with Crippen molar-refractivity contribution >= 4 is 183 Å². The summed E-state index contributed by atoms with van der Waals surface area (Å²) >= 11 is 20.5. The molecule has 0 bridgehead atoms. The second-order valence-corrected chi connectivity index (χ2v) is 27.8. The topological polar surface area (TPSA) is 107 Å². The van der Waals surface area contributed by atoms with E-state index in [9.17, 15) is 19.2 Å². The van der Waals surface area contributed by atoms with E-state index in [4.69, 9.17) is 37.8 Å². The molecule has 0 aliphatic heterocycles. The first-order valence-corrected chi connectivity index (χ1v) is 29.3. The van der Waals surface area contributed by atoms with Crippen molar-refractivity contribution in [3.63, 3.8) is 0 Å². The number of alkyl halides is 2. The molecule has 23 heteroatoms. The van der Waals surface area contributed by atoms with Crippen LogP contribution in [0.2, 0.25) is 0 Å². The van der Waals surface area contributed by atoms with Crippen molar-refractivity contribution in [1.82, 2.24) is 0 Å². The van der Waals surface area contributed by atoms with Crippen LogP contribution in [0.15, 0.2) is 0 Å². The molecule has 0 aliphatic carbocycles. The predicted octanol–water partition coefficient (Wildman–Crippen LogP) is 11.9. The van der Waals surface area contributed by atoms with Crippen molar-refractivity contribution in [2.45, 2.75) is 88.4 Å². The van der Waals surface area contributed by atoms with Crippen LogP contribution in [0.3, 0.4) is 0 Å². The molecule has 0 amide bonds. The minimum atomic E-state index is -0.323. The number of rotatable bonds is 29. The second kappa shape index (κ2) is 66.0. The summed E-state index contributed by atoms with van der Waals surface area (Å²) in [7, 11) is 16.0. The maximum absolute atomic E-state index is 11.8. The Kier molecular flexibility index (Phi) is 94.2. The zero-order valence-electron chi connectivity index (χ0n) is 40.2. The molecule has 63 heavy (non-hydrogen) atoms. The van der Waals surface area contributed by atoms with E-state index in [2.05, 4.69) is 145 Å². The summed E-state index contributed by atoms with van der Waals surface area (Å²) in [4.78, 5) is 44.0. The van der Waals surface area contributed by atoms with Gasteiger partial charge in [-0.2, -0.15) is 37.4 Å². The number of carbonyl (C=O) groups is 4. The van der Waals surface area contributed by atoms with Crippen molar-refractivity contribution in [1.29, 1.82) is 0 Å². The molecule has 0 aliphatic rings. The summed E-state index contributed by atoms with van der Waals surface area (Å²) in [6.45, 7) is 22.8. The summed E-state index contributed by atoms with van der Waals surface area (Å²) in [5.41, 5.74) is 0. The fraction of sp³-hybridized carbons (Fsp3) is 0.850. The summed E-state index contributed by atoms with van der Waals surface area (Å²) in [5.74, 6) is 2.65. The van der Waals surface area contributed by atoms with Crippen LogP contribution < -0.4 is 0 Å². The minimum Gasteiger partial charge on any atom is -0.460 e. The number of halogens is 7. The number of nitrogens with zero attached hydrogens (tertiary/aromatic N) is 3. The van der Waals surface area contributed by atoms with Crippen LogP contribution in [0.5, 0.6) is 0 Å². The van der Waals surface area contributed by atoms with E-state index in [1.54, 1.807) is 30.4 Å². The molecule has 384 valence electrons. The summed E-state index contributed by atoms with van der Waals surface area (Å²) in [6.07, 6.45) is 5.07. The van der Waals surface area contributed by atoms with Gasteiger partial charge in [0.05, 0.1) is 83.3 Å². The molecule has 0 fully saturated rings. The number of likely N-dealkylation sites (N-methyl/N-ethyl adjacent to an activating group) is 3. The quantitative estimate of drug-likeness (QED) is 0.00890. The van der Waals surface area contributed by atoms with Crippen molar-refractivity contribution in [3.05, 3.63) is 11.4 Å². The smallest absolute Gasteiger partial charge is 0.306 e. The molecule has 0 atom stereocenters. The zero-order chi connectivity index (χ0) is 47.2. The molecule has 10 nitrogen and oxygen atoms in total. The third kappa shape index (κ3) is 96.3. The molecule has 0 unspecified atom stereocenters. The van der Waals surface area contributed by atoms with Gasteiger partial charge in [-0.05, 0) is 49.4 Å². The molecule has 0 aromatic rings. The van der Waals surface area contributed by atoms with Gasteiger partial charge >= 0.3 is 11.9 Å². The van der Waals surface area contributed by atoms with Crippen LogP contribution >= 0.6 is 161 Å². The largest absolute Gasteiger partial charge is 0.460 e. The van der Waals surface area contributed by atoms with Crippen molar-refractivity contribution in [3.8, 4) is 0 Å². The van der Waals surface area contributed by atoms with E-state index in [0.29, 0.717) is 57.0 Å². The molecule has 0 rings (SSSR count). The normalized spacial score (nSPS) is 10.1.